The van der Waals surface area contributed by atoms with Gasteiger partial charge in [-0.1, -0.05) is 30.3 Å². The van der Waals surface area contributed by atoms with Gasteiger partial charge < -0.3 is 14.8 Å². The van der Waals surface area contributed by atoms with Crippen molar-refractivity contribution in [3.63, 3.8) is 0 Å². The van der Waals surface area contributed by atoms with Crippen LogP contribution in [0.15, 0.2) is 65.6 Å². The van der Waals surface area contributed by atoms with Gasteiger partial charge in [-0.25, -0.2) is 0 Å². The number of nitrogens with zero attached hydrogens (tertiary/aromatic N) is 2. The maximum absolute atomic E-state index is 12.9. The monoisotopic (exact) mass is 547 g/mol. The van der Waals surface area contributed by atoms with Crippen molar-refractivity contribution in [3.8, 4) is 11.5 Å². The molecule has 4 rings (SSSR count). The average Bonchev–Trinajstić information content (AvgIpc) is 3.17. The van der Waals surface area contributed by atoms with Gasteiger partial charge in [0.25, 0.3) is 22.7 Å². The zero-order valence-electron chi connectivity index (χ0n) is 21.4. The third-order valence-electron chi connectivity index (χ3n) is 6.08. The van der Waals surface area contributed by atoms with Gasteiger partial charge in [0, 0.05) is 17.8 Å². The molecule has 11 heteroatoms. The van der Waals surface area contributed by atoms with Crippen molar-refractivity contribution in [2.24, 2.45) is 0 Å². The smallest absolute Gasteiger partial charge is 0.293 e. The molecule has 0 aliphatic carbocycles. The number of ether oxygens (including phenoxy) is 2. The highest BCUT2D eigenvalue weighted by atomic mass is 32.2. The SMILES string of the molecule is COc1cc(/C=C2\SC(=O)N(Cc3ccc([N+](=O)[O-])cc3)C2=O)ccc1OCC(=O)Nc1cccc(C)c1C. The number of amides is 3. The summed E-state index contributed by atoms with van der Waals surface area (Å²) in [5.41, 5.74) is 3.87. The Bertz CT molecular complexity index is 1480. The minimum Gasteiger partial charge on any atom is -0.493 e. The molecule has 200 valence electrons. The number of imide groups is 1. The number of methoxy groups -OCH3 is 1. The van der Waals surface area contributed by atoms with E-state index in [1.165, 1.54) is 31.4 Å². The second kappa shape index (κ2) is 11.8. The predicted octanol–water partition coefficient (Wildman–Crippen LogP) is 5.47. The Kier molecular flexibility index (Phi) is 8.30. The van der Waals surface area contributed by atoms with Gasteiger partial charge in [0.05, 0.1) is 23.5 Å². The van der Waals surface area contributed by atoms with Crippen LogP contribution in [0.3, 0.4) is 0 Å². The van der Waals surface area contributed by atoms with Gasteiger partial charge in [-0.2, -0.15) is 0 Å². The zero-order chi connectivity index (χ0) is 28.1. The maximum Gasteiger partial charge on any atom is 0.293 e. The lowest BCUT2D eigenvalue weighted by molar-refractivity contribution is -0.384. The number of carbonyl (C=O) groups is 3. The second-order valence-corrected chi connectivity index (χ2v) is 9.68. The number of anilines is 1. The Morgan fingerprint density at radius 1 is 1.08 bits per heavy atom. The summed E-state index contributed by atoms with van der Waals surface area (Å²) >= 11 is 0.804. The van der Waals surface area contributed by atoms with Crippen LogP contribution in [0.4, 0.5) is 16.2 Å². The molecule has 0 atom stereocenters. The van der Waals surface area contributed by atoms with Crippen LogP contribution in [-0.4, -0.2) is 40.6 Å². The molecule has 1 aliphatic heterocycles. The highest BCUT2D eigenvalue weighted by molar-refractivity contribution is 8.18. The number of hydrogen-bond donors (Lipinski definition) is 1. The normalized spacial score (nSPS) is 14.0. The van der Waals surface area contributed by atoms with E-state index in [4.69, 9.17) is 9.47 Å². The van der Waals surface area contributed by atoms with E-state index >= 15 is 0 Å². The largest absolute Gasteiger partial charge is 0.493 e. The molecule has 1 saturated heterocycles. The number of nitro groups is 1. The summed E-state index contributed by atoms with van der Waals surface area (Å²) in [5.74, 6) is -0.0901. The molecule has 0 spiro atoms. The lowest BCUT2D eigenvalue weighted by Crippen LogP contribution is -2.27. The van der Waals surface area contributed by atoms with Gasteiger partial charge >= 0.3 is 0 Å². The van der Waals surface area contributed by atoms with E-state index in [0.29, 0.717) is 28.3 Å². The fourth-order valence-corrected chi connectivity index (χ4v) is 4.64. The van der Waals surface area contributed by atoms with Crippen LogP contribution < -0.4 is 14.8 Å². The summed E-state index contributed by atoms with van der Waals surface area (Å²) in [6, 6.07) is 16.3. The van der Waals surface area contributed by atoms with Crippen LogP contribution in [-0.2, 0) is 16.1 Å². The number of aryl methyl sites for hydroxylation is 1. The highest BCUT2D eigenvalue weighted by Gasteiger charge is 2.35. The molecule has 0 radical (unpaired) electrons. The molecule has 1 aliphatic rings. The Morgan fingerprint density at radius 2 is 1.82 bits per heavy atom. The first kappa shape index (κ1) is 27.4. The van der Waals surface area contributed by atoms with Crippen LogP contribution in [0.5, 0.6) is 11.5 Å². The minimum atomic E-state index is -0.516. The quantitative estimate of drug-likeness (QED) is 0.212. The van der Waals surface area contributed by atoms with Crippen LogP contribution in [0, 0.1) is 24.0 Å². The summed E-state index contributed by atoms with van der Waals surface area (Å²) in [4.78, 5) is 49.5. The van der Waals surface area contributed by atoms with E-state index in [1.807, 2.05) is 32.0 Å². The number of rotatable bonds is 9. The molecule has 1 N–H and O–H groups in total. The molecule has 0 saturated carbocycles. The van der Waals surface area contributed by atoms with Gasteiger partial charge in [0.2, 0.25) is 0 Å². The van der Waals surface area contributed by atoms with Gasteiger partial charge in [0.15, 0.2) is 18.1 Å². The molecule has 3 amide bonds. The number of nitro benzene ring substituents is 1. The Balaban J connectivity index is 1.41. The number of non-ortho nitro benzene ring substituents is 1. The number of nitrogens with one attached hydrogen (secondary N) is 1. The Hall–Kier alpha value is -4.64. The van der Waals surface area contributed by atoms with E-state index in [9.17, 15) is 24.5 Å². The first-order valence-corrected chi connectivity index (χ1v) is 12.6. The molecule has 39 heavy (non-hydrogen) atoms. The van der Waals surface area contributed by atoms with Crippen molar-refractivity contribution >= 4 is 46.3 Å². The summed E-state index contributed by atoms with van der Waals surface area (Å²) in [6.45, 7) is 3.66. The second-order valence-electron chi connectivity index (χ2n) is 8.69. The topological polar surface area (TPSA) is 128 Å². The van der Waals surface area contributed by atoms with Crippen molar-refractivity contribution in [3.05, 3.63) is 97.9 Å². The molecule has 1 heterocycles. The van der Waals surface area contributed by atoms with E-state index in [2.05, 4.69) is 5.32 Å². The molecule has 3 aromatic carbocycles. The number of benzene rings is 3. The number of thioether (sulfide) groups is 1. The summed E-state index contributed by atoms with van der Waals surface area (Å²) in [7, 11) is 1.46. The average molecular weight is 548 g/mol. The molecular formula is C28H25N3O7S. The summed E-state index contributed by atoms with van der Waals surface area (Å²) in [5, 5.41) is 13.2. The van der Waals surface area contributed by atoms with E-state index in [0.717, 1.165) is 27.8 Å². The Labute approximate surface area is 228 Å². The Morgan fingerprint density at radius 3 is 2.51 bits per heavy atom. The lowest BCUT2D eigenvalue weighted by atomic mass is 10.1. The van der Waals surface area contributed by atoms with Gasteiger partial charge in [-0.05, 0) is 72.1 Å². The first-order valence-electron chi connectivity index (χ1n) is 11.8. The third-order valence-corrected chi connectivity index (χ3v) is 6.99. The van der Waals surface area contributed by atoms with Crippen LogP contribution >= 0.6 is 11.8 Å². The summed E-state index contributed by atoms with van der Waals surface area (Å²) in [6.07, 6.45) is 1.57. The van der Waals surface area contributed by atoms with Gasteiger partial charge in [0.1, 0.15) is 0 Å². The molecular weight excluding hydrogens is 522 g/mol. The van der Waals surface area contributed by atoms with Crippen molar-refractivity contribution < 1.29 is 28.8 Å². The van der Waals surface area contributed by atoms with E-state index < -0.39 is 16.1 Å². The molecule has 0 bridgehead atoms. The lowest BCUT2D eigenvalue weighted by Gasteiger charge is -2.13. The van der Waals surface area contributed by atoms with Crippen LogP contribution in [0.2, 0.25) is 0 Å². The maximum atomic E-state index is 12.9. The molecule has 1 fully saturated rings. The molecule has 0 unspecified atom stereocenters. The first-order chi connectivity index (χ1) is 18.7. The molecule has 0 aromatic heterocycles. The highest BCUT2D eigenvalue weighted by Crippen LogP contribution is 2.35. The fraction of sp³-hybridized carbons (Fsp3) is 0.179. The van der Waals surface area contributed by atoms with Crippen molar-refractivity contribution in [2.45, 2.75) is 20.4 Å². The van der Waals surface area contributed by atoms with Crippen LogP contribution in [0.25, 0.3) is 6.08 Å². The van der Waals surface area contributed by atoms with Crippen LogP contribution in [0.1, 0.15) is 22.3 Å². The predicted molar refractivity (Wildman–Crippen MR) is 148 cm³/mol. The molecule has 3 aromatic rings. The third kappa shape index (κ3) is 6.44. The summed E-state index contributed by atoms with van der Waals surface area (Å²) < 4.78 is 11.1. The van der Waals surface area contributed by atoms with E-state index in [-0.39, 0.29) is 29.7 Å². The zero-order valence-corrected chi connectivity index (χ0v) is 22.2. The minimum absolute atomic E-state index is 0.000237. The molecule has 10 nitrogen and oxygen atoms in total. The standard InChI is InChI=1S/C28H25N3O7S/c1-17-5-4-6-22(18(17)2)29-26(32)16-38-23-12-9-20(13-24(23)37-3)14-25-27(33)30(28(34)39-25)15-19-7-10-21(11-8-19)31(35)36/h4-14H,15-16H2,1-3H3,(H,29,32)/b25-14-. The van der Waals surface area contributed by atoms with Gasteiger partial charge in [-0.3, -0.25) is 29.4 Å². The van der Waals surface area contributed by atoms with Crippen molar-refractivity contribution in [1.29, 1.82) is 0 Å². The number of carbonyl (C=O) groups excluding carboxylic acids is 3. The van der Waals surface area contributed by atoms with Gasteiger partial charge in [-0.15, -0.1) is 0 Å². The fourth-order valence-electron chi connectivity index (χ4n) is 3.80. The van der Waals surface area contributed by atoms with Crippen molar-refractivity contribution in [2.75, 3.05) is 19.0 Å². The van der Waals surface area contributed by atoms with Crippen molar-refractivity contribution in [1.82, 2.24) is 4.90 Å². The van der Waals surface area contributed by atoms with E-state index in [1.54, 1.807) is 24.3 Å². The number of hydrogen-bond acceptors (Lipinski definition) is 8.